The number of hydrogen-bond acceptors (Lipinski definition) is 5. The van der Waals surface area contributed by atoms with Crippen LogP contribution in [0.5, 0.6) is 0 Å². The van der Waals surface area contributed by atoms with E-state index in [9.17, 15) is 4.79 Å². The highest BCUT2D eigenvalue weighted by Crippen LogP contribution is 2.15. The highest BCUT2D eigenvalue weighted by Gasteiger charge is 2.13. The minimum Gasteiger partial charge on any atom is -0.319 e. The molecular formula is C9H17ClN4OS. The van der Waals surface area contributed by atoms with Gasteiger partial charge in [-0.2, -0.15) is 0 Å². The Morgan fingerprint density at radius 2 is 2.19 bits per heavy atom. The van der Waals surface area contributed by atoms with Crippen molar-refractivity contribution in [3.63, 3.8) is 0 Å². The number of carbonyl (C=O) groups is 1. The molecule has 0 saturated carbocycles. The summed E-state index contributed by atoms with van der Waals surface area (Å²) >= 11 is 1.42. The number of carbonyl (C=O) groups excluding carboxylic acids is 1. The third-order valence-corrected chi connectivity index (χ3v) is 2.94. The first-order valence-electron chi connectivity index (χ1n) is 4.95. The molecule has 5 nitrogen and oxygen atoms in total. The van der Waals surface area contributed by atoms with Crippen LogP contribution in [0, 0.1) is 5.92 Å². The van der Waals surface area contributed by atoms with E-state index in [1.165, 1.54) is 11.3 Å². The molecule has 1 rings (SSSR count). The summed E-state index contributed by atoms with van der Waals surface area (Å²) in [5, 5.41) is 15.0. The molecule has 0 aliphatic heterocycles. The highest BCUT2D eigenvalue weighted by atomic mass is 35.5. The van der Waals surface area contributed by atoms with Gasteiger partial charge >= 0.3 is 0 Å². The lowest BCUT2D eigenvalue weighted by Gasteiger charge is -2.08. The Morgan fingerprint density at radius 3 is 2.69 bits per heavy atom. The first-order chi connectivity index (χ1) is 7.17. The summed E-state index contributed by atoms with van der Waals surface area (Å²) in [5.41, 5.74) is 0. The standard InChI is InChI=1S/C9H16N4OS.ClH/c1-4-7-12-13-9(15-7)11-8(14)6(2)5-10-3;/h6,10H,4-5H2,1-3H3,(H,11,13,14);1H. The number of anilines is 1. The first-order valence-corrected chi connectivity index (χ1v) is 5.76. The fraction of sp³-hybridized carbons (Fsp3) is 0.667. The van der Waals surface area contributed by atoms with Gasteiger partial charge in [-0.3, -0.25) is 4.79 Å². The molecule has 2 N–H and O–H groups in total. The summed E-state index contributed by atoms with van der Waals surface area (Å²) in [7, 11) is 1.82. The lowest BCUT2D eigenvalue weighted by Crippen LogP contribution is -2.28. The SMILES string of the molecule is CCc1nnc(NC(=O)C(C)CNC)s1.Cl. The van der Waals surface area contributed by atoms with Crippen molar-refractivity contribution in [2.75, 3.05) is 18.9 Å². The number of nitrogens with one attached hydrogen (secondary N) is 2. The topological polar surface area (TPSA) is 66.9 Å². The van der Waals surface area contributed by atoms with E-state index in [2.05, 4.69) is 20.8 Å². The predicted molar refractivity (Wildman–Crippen MR) is 68.3 cm³/mol. The molecule has 1 atom stereocenters. The molecule has 1 amide bonds. The van der Waals surface area contributed by atoms with Crippen molar-refractivity contribution in [2.45, 2.75) is 20.3 Å². The average molecular weight is 265 g/mol. The van der Waals surface area contributed by atoms with Crippen molar-refractivity contribution in [1.29, 1.82) is 0 Å². The fourth-order valence-electron chi connectivity index (χ4n) is 1.07. The minimum atomic E-state index is -0.0658. The molecule has 0 fully saturated rings. The lowest BCUT2D eigenvalue weighted by molar-refractivity contribution is -0.119. The van der Waals surface area contributed by atoms with Gasteiger partial charge in [0.05, 0.1) is 0 Å². The van der Waals surface area contributed by atoms with E-state index < -0.39 is 0 Å². The predicted octanol–water partition coefficient (Wildman–Crippen LogP) is 1.32. The molecule has 0 spiro atoms. The van der Waals surface area contributed by atoms with E-state index in [0.717, 1.165) is 11.4 Å². The van der Waals surface area contributed by atoms with Gasteiger partial charge in [-0.05, 0) is 13.5 Å². The van der Waals surface area contributed by atoms with E-state index in [1.807, 2.05) is 20.9 Å². The fourth-order valence-corrected chi connectivity index (χ4v) is 1.76. The average Bonchev–Trinajstić information content (AvgIpc) is 2.66. The maximum Gasteiger partial charge on any atom is 0.230 e. The Bertz CT molecular complexity index is 331. The number of halogens is 1. The first kappa shape index (κ1) is 15.3. The zero-order valence-corrected chi connectivity index (χ0v) is 11.2. The molecule has 0 bridgehead atoms. The van der Waals surface area contributed by atoms with E-state index in [-0.39, 0.29) is 24.2 Å². The number of aromatic nitrogens is 2. The van der Waals surface area contributed by atoms with Crippen LogP contribution in [0.4, 0.5) is 5.13 Å². The van der Waals surface area contributed by atoms with Gasteiger partial charge in [-0.15, -0.1) is 22.6 Å². The second-order valence-corrected chi connectivity index (χ2v) is 4.36. The van der Waals surface area contributed by atoms with Crippen molar-refractivity contribution >= 4 is 34.8 Å². The van der Waals surface area contributed by atoms with Crippen LogP contribution >= 0.6 is 23.7 Å². The lowest BCUT2D eigenvalue weighted by atomic mass is 10.2. The van der Waals surface area contributed by atoms with Gasteiger partial charge in [0.1, 0.15) is 5.01 Å². The van der Waals surface area contributed by atoms with Gasteiger partial charge in [-0.1, -0.05) is 25.2 Å². The molecule has 7 heteroatoms. The van der Waals surface area contributed by atoms with Gasteiger partial charge in [-0.25, -0.2) is 0 Å². The molecular weight excluding hydrogens is 248 g/mol. The molecule has 92 valence electrons. The Balaban J connectivity index is 0.00000225. The summed E-state index contributed by atoms with van der Waals surface area (Å²) < 4.78 is 0. The number of amides is 1. The van der Waals surface area contributed by atoms with Gasteiger partial charge < -0.3 is 10.6 Å². The molecule has 0 aliphatic carbocycles. The van der Waals surface area contributed by atoms with Crippen molar-refractivity contribution in [3.8, 4) is 0 Å². The van der Waals surface area contributed by atoms with Crippen molar-refractivity contribution in [1.82, 2.24) is 15.5 Å². The van der Waals surface area contributed by atoms with Crippen LogP contribution in [0.25, 0.3) is 0 Å². The summed E-state index contributed by atoms with van der Waals surface area (Å²) in [6.45, 7) is 4.54. The Kier molecular flexibility index (Phi) is 7.20. The summed E-state index contributed by atoms with van der Waals surface area (Å²) in [5.74, 6) is -0.0906. The Morgan fingerprint density at radius 1 is 1.50 bits per heavy atom. The quantitative estimate of drug-likeness (QED) is 0.842. The minimum absolute atomic E-state index is 0. The Labute approximate surface area is 105 Å². The van der Waals surface area contributed by atoms with Crippen LogP contribution in [0.2, 0.25) is 0 Å². The summed E-state index contributed by atoms with van der Waals surface area (Å²) in [6.07, 6.45) is 0.847. The van der Waals surface area contributed by atoms with E-state index in [1.54, 1.807) is 0 Å². The number of rotatable bonds is 5. The number of nitrogens with zero attached hydrogens (tertiary/aromatic N) is 2. The second kappa shape index (κ2) is 7.54. The van der Waals surface area contributed by atoms with Crippen LogP contribution in [0.3, 0.4) is 0 Å². The van der Waals surface area contributed by atoms with Crippen LogP contribution in [-0.4, -0.2) is 29.7 Å². The van der Waals surface area contributed by atoms with Crippen molar-refractivity contribution < 1.29 is 4.79 Å². The zero-order valence-electron chi connectivity index (χ0n) is 9.61. The van der Waals surface area contributed by atoms with Gasteiger partial charge in [0, 0.05) is 12.5 Å². The van der Waals surface area contributed by atoms with Crippen LogP contribution in [-0.2, 0) is 11.2 Å². The van der Waals surface area contributed by atoms with Crippen LogP contribution in [0.1, 0.15) is 18.9 Å². The van der Waals surface area contributed by atoms with E-state index in [0.29, 0.717) is 11.7 Å². The molecule has 1 unspecified atom stereocenters. The molecule has 1 aromatic heterocycles. The summed E-state index contributed by atoms with van der Waals surface area (Å²) in [6, 6.07) is 0. The maximum absolute atomic E-state index is 11.6. The smallest absolute Gasteiger partial charge is 0.230 e. The van der Waals surface area contributed by atoms with Crippen molar-refractivity contribution in [3.05, 3.63) is 5.01 Å². The number of aryl methyl sites for hydroxylation is 1. The second-order valence-electron chi connectivity index (χ2n) is 3.30. The third kappa shape index (κ3) is 4.42. The zero-order chi connectivity index (χ0) is 11.3. The summed E-state index contributed by atoms with van der Waals surface area (Å²) in [4.78, 5) is 11.6. The Hall–Kier alpha value is -0.720. The van der Waals surface area contributed by atoms with Crippen molar-refractivity contribution in [2.24, 2.45) is 5.92 Å². The largest absolute Gasteiger partial charge is 0.319 e. The molecule has 0 saturated heterocycles. The van der Waals surface area contributed by atoms with Crippen LogP contribution in [0.15, 0.2) is 0 Å². The highest BCUT2D eigenvalue weighted by molar-refractivity contribution is 7.15. The van der Waals surface area contributed by atoms with Gasteiger partial charge in [0.25, 0.3) is 0 Å². The van der Waals surface area contributed by atoms with Gasteiger partial charge in [0.2, 0.25) is 11.0 Å². The van der Waals surface area contributed by atoms with Crippen LogP contribution < -0.4 is 10.6 Å². The van der Waals surface area contributed by atoms with Gasteiger partial charge in [0.15, 0.2) is 0 Å². The molecule has 1 aromatic rings. The molecule has 0 aliphatic rings. The maximum atomic E-state index is 11.6. The van der Waals surface area contributed by atoms with E-state index >= 15 is 0 Å². The molecule has 1 heterocycles. The van der Waals surface area contributed by atoms with E-state index in [4.69, 9.17) is 0 Å². The third-order valence-electron chi connectivity index (χ3n) is 1.96. The monoisotopic (exact) mass is 264 g/mol. The number of hydrogen-bond donors (Lipinski definition) is 2. The normalized spacial score (nSPS) is 11.7. The molecule has 16 heavy (non-hydrogen) atoms. The molecule has 0 radical (unpaired) electrons. The molecule has 0 aromatic carbocycles.